The van der Waals surface area contributed by atoms with Gasteiger partial charge in [0.15, 0.2) is 0 Å². The SMILES string of the molecule is CCCCCc1ccc(OCCCC(=O)Nc2ccc(Cl)c(NC(=O)CC(=O)C(C)(C)C)c2)c(CCCCC)c1. The number of carbonyl (C=O) groups is 3. The maximum absolute atomic E-state index is 12.6. The number of hydrogen-bond acceptors (Lipinski definition) is 4. The van der Waals surface area contributed by atoms with E-state index in [0.717, 1.165) is 25.0 Å². The fraction of sp³-hybridized carbons (Fsp3) is 0.545. The fourth-order valence-corrected chi connectivity index (χ4v) is 4.38. The van der Waals surface area contributed by atoms with Crippen molar-refractivity contribution in [2.45, 2.75) is 105 Å². The van der Waals surface area contributed by atoms with E-state index in [-0.39, 0.29) is 18.1 Å². The number of aryl methyl sites for hydroxylation is 2. The van der Waals surface area contributed by atoms with Crippen molar-refractivity contribution < 1.29 is 19.1 Å². The van der Waals surface area contributed by atoms with Gasteiger partial charge < -0.3 is 15.4 Å². The normalized spacial score (nSPS) is 11.2. The van der Waals surface area contributed by atoms with Crippen LogP contribution >= 0.6 is 11.6 Å². The Kier molecular flexibility index (Phi) is 14.2. The van der Waals surface area contributed by atoms with Crippen LogP contribution in [0.4, 0.5) is 11.4 Å². The molecule has 0 bridgehead atoms. The summed E-state index contributed by atoms with van der Waals surface area (Å²) in [6, 6.07) is 11.4. The number of halogens is 1. The number of ketones is 1. The molecule has 6 nitrogen and oxygen atoms in total. The molecule has 0 heterocycles. The van der Waals surface area contributed by atoms with E-state index in [0.29, 0.717) is 35.8 Å². The predicted octanol–water partition coefficient (Wildman–Crippen LogP) is 8.55. The lowest BCUT2D eigenvalue weighted by atomic mass is 9.89. The topological polar surface area (TPSA) is 84.5 Å². The van der Waals surface area contributed by atoms with Crippen molar-refractivity contribution >= 4 is 40.6 Å². The Morgan fingerprint density at radius 3 is 2.20 bits per heavy atom. The molecule has 7 heteroatoms. The van der Waals surface area contributed by atoms with Gasteiger partial charge in [0.2, 0.25) is 11.8 Å². The van der Waals surface area contributed by atoms with Gasteiger partial charge in [-0.2, -0.15) is 0 Å². The third-order valence-corrected chi connectivity index (χ3v) is 7.06. The lowest BCUT2D eigenvalue weighted by molar-refractivity contribution is -0.130. The van der Waals surface area contributed by atoms with Crippen molar-refractivity contribution in [3.8, 4) is 5.75 Å². The van der Waals surface area contributed by atoms with Crippen molar-refractivity contribution in [3.63, 3.8) is 0 Å². The molecule has 0 aliphatic rings. The summed E-state index contributed by atoms with van der Waals surface area (Å²) in [6.45, 7) is 10.2. The van der Waals surface area contributed by atoms with E-state index in [1.54, 1.807) is 39.0 Å². The van der Waals surface area contributed by atoms with Crippen molar-refractivity contribution in [3.05, 3.63) is 52.5 Å². The van der Waals surface area contributed by atoms with Gasteiger partial charge in [0.25, 0.3) is 0 Å². The number of unbranched alkanes of at least 4 members (excludes halogenated alkanes) is 4. The average molecular weight is 571 g/mol. The Labute approximate surface area is 245 Å². The molecule has 40 heavy (non-hydrogen) atoms. The van der Waals surface area contributed by atoms with Crippen LogP contribution in [-0.4, -0.2) is 24.2 Å². The van der Waals surface area contributed by atoms with Crippen LogP contribution in [0.2, 0.25) is 5.02 Å². The second-order valence-electron chi connectivity index (χ2n) is 11.4. The van der Waals surface area contributed by atoms with Gasteiger partial charge in [0.05, 0.1) is 23.7 Å². The van der Waals surface area contributed by atoms with E-state index in [1.165, 1.54) is 43.2 Å². The first-order chi connectivity index (χ1) is 19.0. The molecule has 0 aromatic heterocycles. The highest BCUT2D eigenvalue weighted by molar-refractivity contribution is 6.34. The Bertz CT molecular complexity index is 1120. The van der Waals surface area contributed by atoms with E-state index in [1.807, 2.05) is 0 Å². The molecule has 0 aliphatic carbocycles. The Morgan fingerprint density at radius 1 is 0.825 bits per heavy atom. The summed E-state index contributed by atoms with van der Waals surface area (Å²) in [5, 5.41) is 5.86. The molecule has 2 rings (SSSR count). The maximum atomic E-state index is 12.6. The molecule has 0 fully saturated rings. The van der Waals surface area contributed by atoms with Gasteiger partial charge in [-0.1, -0.05) is 84.0 Å². The molecule has 2 aromatic carbocycles. The molecular formula is C33H47ClN2O4. The van der Waals surface area contributed by atoms with Crippen molar-refractivity contribution in [2.24, 2.45) is 5.41 Å². The summed E-state index contributed by atoms with van der Waals surface area (Å²) in [5.41, 5.74) is 2.89. The van der Waals surface area contributed by atoms with Gasteiger partial charge in [-0.15, -0.1) is 0 Å². The summed E-state index contributed by atoms with van der Waals surface area (Å²) in [5.74, 6) is 0.161. The van der Waals surface area contributed by atoms with E-state index in [2.05, 4.69) is 42.7 Å². The van der Waals surface area contributed by atoms with Gasteiger partial charge >= 0.3 is 0 Å². The summed E-state index contributed by atoms with van der Waals surface area (Å²) in [7, 11) is 0. The van der Waals surface area contributed by atoms with Crippen molar-refractivity contribution in [1.82, 2.24) is 0 Å². The fourth-order valence-electron chi connectivity index (χ4n) is 4.21. The Balaban J connectivity index is 1.88. The molecule has 0 spiro atoms. The Hall–Kier alpha value is -2.86. The Morgan fingerprint density at radius 2 is 1.52 bits per heavy atom. The molecule has 0 unspecified atom stereocenters. The molecule has 2 N–H and O–H groups in total. The zero-order chi connectivity index (χ0) is 29.5. The summed E-state index contributed by atoms with van der Waals surface area (Å²) < 4.78 is 6.11. The van der Waals surface area contributed by atoms with Crippen LogP contribution in [0.25, 0.3) is 0 Å². The summed E-state index contributed by atoms with van der Waals surface area (Å²) in [4.78, 5) is 37.1. The standard InChI is InChI=1S/C33H47ClN2O4/c1-6-8-10-13-24-16-19-29(25(21-24)14-11-9-7-2)40-20-12-15-31(38)35-26-17-18-27(34)28(22-26)36-32(39)23-30(37)33(3,4)5/h16-19,21-22H,6-15,20,23H2,1-5H3,(H,35,38)(H,36,39). The van der Waals surface area contributed by atoms with Crippen molar-refractivity contribution in [1.29, 1.82) is 0 Å². The molecule has 0 radical (unpaired) electrons. The number of rotatable bonds is 17. The van der Waals surface area contributed by atoms with Crippen molar-refractivity contribution in [2.75, 3.05) is 17.2 Å². The second kappa shape index (κ2) is 17.1. The first kappa shape index (κ1) is 33.3. The lowest BCUT2D eigenvalue weighted by Gasteiger charge is -2.16. The zero-order valence-electron chi connectivity index (χ0n) is 25.0. The minimum Gasteiger partial charge on any atom is -0.493 e. The number of nitrogens with one attached hydrogen (secondary N) is 2. The summed E-state index contributed by atoms with van der Waals surface area (Å²) >= 11 is 6.23. The molecule has 2 aromatic rings. The van der Waals surface area contributed by atoms with Gasteiger partial charge in [0.1, 0.15) is 11.5 Å². The molecule has 0 saturated carbocycles. The summed E-state index contributed by atoms with van der Waals surface area (Å²) in [6.07, 6.45) is 9.93. The monoisotopic (exact) mass is 570 g/mol. The minimum atomic E-state index is -0.602. The van der Waals surface area contributed by atoms with Crippen LogP contribution in [0.5, 0.6) is 5.75 Å². The number of Topliss-reactive ketones (excluding diaryl/α,β-unsaturated/α-hetero) is 1. The molecule has 220 valence electrons. The molecule has 0 saturated heterocycles. The van der Waals surface area contributed by atoms with E-state index < -0.39 is 11.3 Å². The lowest BCUT2D eigenvalue weighted by Crippen LogP contribution is -2.26. The minimum absolute atomic E-state index is 0.152. The number of hydrogen-bond donors (Lipinski definition) is 2. The third kappa shape index (κ3) is 12.1. The first-order valence-corrected chi connectivity index (χ1v) is 15.1. The highest BCUT2D eigenvalue weighted by Crippen LogP contribution is 2.27. The van der Waals surface area contributed by atoms with Crippen LogP contribution in [0.3, 0.4) is 0 Å². The van der Waals surface area contributed by atoms with Gasteiger partial charge in [-0.05, 0) is 67.5 Å². The van der Waals surface area contributed by atoms with Crippen LogP contribution in [0, 0.1) is 5.41 Å². The van der Waals surface area contributed by atoms with E-state index in [9.17, 15) is 14.4 Å². The van der Waals surface area contributed by atoms with Crippen LogP contribution in [0.1, 0.15) is 104 Å². The van der Waals surface area contributed by atoms with Crippen LogP contribution in [0.15, 0.2) is 36.4 Å². The van der Waals surface area contributed by atoms with Crippen LogP contribution in [-0.2, 0) is 27.2 Å². The number of ether oxygens (including phenoxy) is 1. The van der Waals surface area contributed by atoms with Gasteiger partial charge in [-0.3, -0.25) is 14.4 Å². The predicted molar refractivity (Wildman–Crippen MR) is 165 cm³/mol. The quantitative estimate of drug-likeness (QED) is 0.147. The highest BCUT2D eigenvalue weighted by Gasteiger charge is 2.24. The van der Waals surface area contributed by atoms with Gasteiger partial charge in [0, 0.05) is 17.5 Å². The second-order valence-corrected chi connectivity index (χ2v) is 11.9. The van der Waals surface area contributed by atoms with Gasteiger partial charge in [-0.25, -0.2) is 0 Å². The van der Waals surface area contributed by atoms with Crippen LogP contribution < -0.4 is 15.4 Å². The first-order valence-electron chi connectivity index (χ1n) is 14.7. The smallest absolute Gasteiger partial charge is 0.231 e. The zero-order valence-corrected chi connectivity index (χ0v) is 25.7. The number of benzene rings is 2. The number of carbonyl (C=O) groups excluding carboxylic acids is 3. The van der Waals surface area contributed by atoms with E-state index >= 15 is 0 Å². The van der Waals surface area contributed by atoms with E-state index in [4.69, 9.17) is 16.3 Å². The molecule has 0 atom stereocenters. The third-order valence-electron chi connectivity index (χ3n) is 6.73. The highest BCUT2D eigenvalue weighted by atomic mass is 35.5. The number of anilines is 2. The largest absolute Gasteiger partial charge is 0.493 e. The molecule has 2 amide bonds. The number of amides is 2. The molecule has 0 aliphatic heterocycles. The molecular weight excluding hydrogens is 524 g/mol. The average Bonchev–Trinajstić information content (AvgIpc) is 2.89. The maximum Gasteiger partial charge on any atom is 0.231 e.